The number of aromatic nitrogens is 2. The highest BCUT2D eigenvalue weighted by Crippen LogP contribution is 2.24. The Bertz CT molecular complexity index is 728. The number of hydrogen-bond donors (Lipinski definition) is 0. The summed E-state index contributed by atoms with van der Waals surface area (Å²) in [4.78, 5) is 8.94. The maximum Gasteiger partial charge on any atom is 0.187 e. The van der Waals surface area contributed by atoms with Crippen molar-refractivity contribution in [2.45, 2.75) is 95.6 Å². The second kappa shape index (κ2) is 16.0. The first-order valence-corrected chi connectivity index (χ1v) is 13.1. The third kappa shape index (κ3) is 10.3. The topological polar surface area (TPSA) is 35.0 Å². The molecule has 178 valence electrons. The van der Waals surface area contributed by atoms with Gasteiger partial charge in [-0.2, -0.15) is 0 Å². The number of benzene rings is 1. The van der Waals surface area contributed by atoms with Crippen molar-refractivity contribution in [3.63, 3.8) is 0 Å². The summed E-state index contributed by atoms with van der Waals surface area (Å²) < 4.78 is 32.7. The minimum absolute atomic E-state index is 0.219. The number of unbranched alkanes of at least 4 members (excludes halogenated alkanes) is 7. The Kier molecular flexibility index (Phi) is 13.3. The first-order chi connectivity index (χ1) is 15.6. The number of thioether (sulfide) groups is 1. The van der Waals surface area contributed by atoms with Gasteiger partial charge in [0.15, 0.2) is 11.3 Å². The summed E-state index contributed by atoms with van der Waals surface area (Å²) in [5.41, 5.74) is 1.88. The summed E-state index contributed by atoms with van der Waals surface area (Å²) in [5.74, 6) is 1.58. The Morgan fingerprint density at radius 3 is 2.03 bits per heavy atom. The van der Waals surface area contributed by atoms with E-state index in [-0.39, 0.29) is 13.0 Å². The Hall–Kier alpha value is -1.69. The number of halogens is 2. The normalized spacial score (nSPS) is 13.1. The number of rotatable bonds is 17. The highest BCUT2D eigenvalue weighted by molar-refractivity contribution is 7.99. The molecule has 0 amide bonds. The Morgan fingerprint density at radius 1 is 0.781 bits per heavy atom. The number of alkyl halides is 2. The van der Waals surface area contributed by atoms with Crippen LogP contribution in [0.1, 0.15) is 78.1 Å². The van der Waals surface area contributed by atoms with E-state index in [0.717, 1.165) is 22.0 Å². The van der Waals surface area contributed by atoms with Gasteiger partial charge in [0.25, 0.3) is 0 Å². The Morgan fingerprint density at radius 2 is 1.41 bits per heavy atom. The van der Waals surface area contributed by atoms with Gasteiger partial charge in [-0.3, -0.25) is 0 Å². The van der Waals surface area contributed by atoms with E-state index in [2.05, 4.69) is 16.9 Å². The van der Waals surface area contributed by atoms with Gasteiger partial charge in [-0.15, -0.1) is 0 Å². The lowest BCUT2D eigenvalue weighted by Gasteiger charge is -2.14. The van der Waals surface area contributed by atoms with E-state index in [9.17, 15) is 8.78 Å². The summed E-state index contributed by atoms with van der Waals surface area (Å²) in [6.07, 6.45) is 12.0. The molecule has 0 saturated carbocycles. The molecule has 0 aliphatic heterocycles. The summed E-state index contributed by atoms with van der Waals surface area (Å²) in [6, 6.07) is 7.29. The van der Waals surface area contributed by atoms with Gasteiger partial charge in [0.2, 0.25) is 0 Å². The lowest BCUT2D eigenvalue weighted by Crippen LogP contribution is -2.24. The highest BCUT2D eigenvalue weighted by atomic mass is 32.2. The second-order valence-corrected chi connectivity index (χ2v) is 9.30. The fourth-order valence-corrected chi connectivity index (χ4v) is 4.21. The second-order valence-electron chi connectivity index (χ2n) is 8.23. The molecule has 0 saturated heterocycles. The van der Waals surface area contributed by atoms with Crippen LogP contribution in [0.25, 0.3) is 11.1 Å². The fourth-order valence-electron chi connectivity index (χ4n) is 3.42. The average molecular weight is 465 g/mol. The summed E-state index contributed by atoms with van der Waals surface area (Å²) in [7, 11) is 0. The van der Waals surface area contributed by atoms with Crippen LogP contribution in [0, 0.1) is 0 Å². The van der Waals surface area contributed by atoms with E-state index in [1.807, 2.05) is 31.5 Å². The van der Waals surface area contributed by atoms with E-state index < -0.39 is 12.3 Å². The van der Waals surface area contributed by atoms with Gasteiger partial charge >= 0.3 is 0 Å². The zero-order valence-corrected chi connectivity index (χ0v) is 20.4. The molecule has 0 radical (unpaired) electrons. The van der Waals surface area contributed by atoms with Crippen molar-refractivity contribution in [3.05, 3.63) is 36.7 Å². The van der Waals surface area contributed by atoms with E-state index in [0.29, 0.717) is 12.2 Å². The van der Waals surface area contributed by atoms with Crippen molar-refractivity contribution in [1.82, 2.24) is 9.97 Å². The van der Waals surface area contributed by atoms with Crippen LogP contribution in [0.3, 0.4) is 0 Å². The van der Waals surface area contributed by atoms with Crippen LogP contribution in [0.4, 0.5) is 8.78 Å². The molecule has 2 atom stereocenters. The molecule has 2 rings (SSSR count). The smallest absolute Gasteiger partial charge is 0.187 e. The van der Waals surface area contributed by atoms with E-state index in [1.54, 1.807) is 23.9 Å². The molecule has 1 aromatic carbocycles. The van der Waals surface area contributed by atoms with Gasteiger partial charge in [0.1, 0.15) is 18.5 Å². The molecular formula is C26H38F2N2OS. The molecule has 32 heavy (non-hydrogen) atoms. The molecule has 0 fully saturated rings. The molecule has 0 N–H and O–H groups in total. The summed E-state index contributed by atoms with van der Waals surface area (Å²) >= 11 is 1.71. The lowest BCUT2D eigenvalue weighted by atomic mass is 10.1. The Balaban J connectivity index is 1.69. The SMILES string of the molecule is CCCCCCCCCCSc1ncc(-c2ccc(OC[C@@H](F)[C@H](F)CCC)cc2)cn1. The van der Waals surface area contributed by atoms with Gasteiger partial charge < -0.3 is 4.74 Å². The van der Waals surface area contributed by atoms with Crippen molar-refractivity contribution in [2.75, 3.05) is 12.4 Å². The number of hydrogen-bond acceptors (Lipinski definition) is 4. The van der Waals surface area contributed by atoms with Gasteiger partial charge in [-0.25, -0.2) is 18.7 Å². The van der Waals surface area contributed by atoms with Crippen LogP contribution in [-0.4, -0.2) is 34.7 Å². The zero-order chi connectivity index (χ0) is 23.0. The van der Waals surface area contributed by atoms with Crippen molar-refractivity contribution in [1.29, 1.82) is 0 Å². The van der Waals surface area contributed by atoms with Crippen LogP contribution in [0.15, 0.2) is 41.8 Å². The third-order valence-electron chi connectivity index (χ3n) is 5.41. The molecule has 0 aliphatic carbocycles. The summed E-state index contributed by atoms with van der Waals surface area (Å²) in [5, 5.41) is 0.804. The van der Waals surface area contributed by atoms with Crippen molar-refractivity contribution < 1.29 is 13.5 Å². The molecule has 3 nitrogen and oxygen atoms in total. The predicted octanol–water partition coefficient (Wildman–Crippen LogP) is 8.23. The molecule has 0 bridgehead atoms. The number of ether oxygens (including phenoxy) is 1. The first-order valence-electron chi connectivity index (χ1n) is 12.1. The fraction of sp³-hybridized carbons (Fsp3) is 0.615. The summed E-state index contributed by atoms with van der Waals surface area (Å²) in [6.45, 7) is 3.82. The van der Waals surface area contributed by atoms with Gasteiger partial charge in [0, 0.05) is 23.7 Å². The first kappa shape index (κ1) is 26.6. The minimum atomic E-state index is -1.60. The molecule has 6 heteroatoms. The standard InChI is InChI=1S/C26H38F2N2OS/c1-3-5-6-7-8-9-10-11-17-32-26-29-18-22(19-30-26)21-13-15-23(16-14-21)31-20-25(28)24(27)12-4-2/h13-16,18-19,24-25H,3-12,17,20H2,1-2H3/t24-,25-/m1/s1. The maximum atomic E-state index is 13.7. The van der Waals surface area contributed by atoms with E-state index >= 15 is 0 Å². The zero-order valence-electron chi connectivity index (χ0n) is 19.6. The Labute approximate surface area is 196 Å². The maximum absolute atomic E-state index is 13.7. The number of nitrogens with zero attached hydrogens (tertiary/aromatic N) is 2. The van der Waals surface area contributed by atoms with Crippen LogP contribution in [0.2, 0.25) is 0 Å². The molecular weight excluding hydrogens is 426 g/mol. The third-order valence-corrected chi connectivity index (χ3v) is 6.37. The van der Waals surface area contributed by atoms with Gasteiger partial charge in [-0.05, 0) is 30.5 Å². The molecule has 2 aromatic rings. The van der Waals surface area contributed by atoms with Crippen LogP contribution in [0.5, 0.6) is 5.75 Å². The average Bonchev–Trinajstić information content (AvgIpc) is 2.82. The highest BCUT2D eigenvalue weighted by Gasteiger charge is 2.20. The van der Waals surface area contributed by atoms with E-state index in [4.69, 9.17) is 4.74 Å². The predicted molar refractivity (Wildman–Crippen MR) is 131 cm³/mol. The monoisotopic (exact) mass is 464 g/mol. The molecule has 1 aromatic heterocycles. The molecule has 0 aliphatic rings. The molecule has 0 unspecified atom stereocenters. The molecule has 0 spiro atoms. The van der Waals surface area contributed by atoms with Crippen molar-refractivity contribution in [3.8, 4) is 16.9 Å². The van der Waals surface area contributed by atoms with E-state index in [1.165, 1.54) is 51.4 Å². The van der Waals surface area contributed by atoms with Crippen molar-refractivity contribution >= 4 is 11.8 Å². The van der Waals surface area contributed by atoms with Gasteiger partial charge in [0.05, 0.1) is 0 Å². The largest absolute Gasteiger partial charge is 0.490 e. The minimum Gasteiger partial charge on any atom is -0.490 e. The van der Waals surface area contributed by atoms with Crippen LogP contribution in [-0.2, 0) is 0 Å². The quantitative estimate of drug-likeness (QED) is 0.134. The lowest BCUT2D eigenvalue weighted by molar-refractivity contribution is 0.103. The van der Waals surface area contributed by atoms with Crippen LogP contribution >= 0.6 is 11.8 Å². The van der Waals surface area contributed by atoms with Crippen LogP contribution < -0.4 is 4.74 Å². The van der Waals surface area contributed by atoms with Crippen molar-refractivity contribution in [2.24, 2.45) is 0 Å². The molecule has 1 heterocycles. The van der Waals surface area contributed by atoms with Gasteiger partial charge in [-0.1, -0.05) is 89.1 Å².